The minimum absolute atomic E-state index is 0.0228. The Hall–Kier alpha value is -4.57. The number of aromatic nitrogens is 2. The van der Waals surface area contributed by atoms with Gasteiger partial charge in [-0.2, -0.15) is 0 Å². The van der Waals surface area contributed by atoms with E-state index in [-0.39, 0.29) is 25.1 Å². The molecule has 10 nitrogen and oxygen atoms in total. The molecule has 1 aliphatic rings. The predicted molar refractivity (Wildman–Crippen MR) is 148 cm³/mol. The fraction of sp³-hybridized carbons (Fsp3) is 0.300. The van der Waals surface area contributed by atoms with Crippen LogP contribution in [-0.4, -0.2) is 41.5 Å². The van der Waals surface area contributed by atoms with E-state index < -0.39 is 11.4 Å². The lowest BCUT2D eigenvalue weighted by Gasteiger charge is -2.23. The lowest BCUT2D eigenvalue weighted by atomic mass is 9.99. The van der Waals surface area contributed by atoms with Gasteiger partial charge in [0.2, 0.25) is 0 Å². The summed E-state index contributed by atoms with van der Waals surface area (Å²) in [5.41, 5.74) is 4.37. The van der Waals surface area contributed by atoms with Crippen molar-refractivity contribution in [3.63, 3.8) is 0 Å². The summed E-state index contributed by atoms with van der Waals surface area (Å²) >= 11 is 0. The van der Waals surface area contributed by atoms with Crippen LogP contribution >= 0.6 is 0 Å². The summed E-state index contributed by atoms with van der Waals surface area (Å²) in [7, 11) is 0. The highest BCUT2D eigenvalue weighted by Crippen LogP contribution is 2.28. The summed E-state index contributed by atoms with van der Waals surface area (Å²) in [4.78, 5) is 37.1. The number of carbonyl (C=O) groups is 1. The zero-order valence-electron chi connectivity index (χ0n) is 22.2. The first-order chi connectivity index (χ1) is 19.4. The van der Waals surface area contributed by atoms with Gasteiger partial charge in [-0.25, -0.2) is 14.6 Å². The van der Waals surface area contributed by atoms with Crippen LogP contribution in [0.25, 0.3) is 11.1 Å². The number of carbonyl (C=O) groups excluding carboxylic acids is 1. The first-order valence-electron chi connectivity index (χ1n) is 13.1. The van der Waals surface area contributed by atoms with Crippen LogP contribution < -0.4 is 26.2 Å². The van der Waals surface area contributed by atoms with E-state index in [9.17, 15) is 14.4 Å². The zero-order valence-corrected chi connectivity index (χ0v) is 22.2. The van der Waals surface area contributed by atoms with Gasteiger partial charge in [-0.15, -0.1) is 4.74 Å². The first kappa shape index (κ1) is 27.0. The average molecular weight is 546 g/mol. The summed E-state index contributed by atoms with van der Waals surface area (Å²) in [6.07, 6.45) is 1.66. The van der Waals surface area contributed by atoms with Gasteiger partial charge in [-0.05, 0) is 77.9 Å². The summed E-state index contributed by atoms with van der Waals surface area (Å²) in [6.45, 7) is 3.87. The third kappa shape index (κ3) is 7.09. The van der Waals surface area contributed by atoms with Crippen molar-refractivity contribution in [1.29, 1.82) is 0 Å². The highest BCUT2D eigenvalue weighted by atomic mass is 16.5. The highest BCUT2D eigenvalue weighted by molar-refractivity contribution is 5.78. The molecule has 2 heterocycles. The fourth-order valence-corrected chi connectivity index (χ4v) is 4.58. The molecule has 40 heavy (non-hydrogen) atoms. The molecule has 1 aromatic heterocycles. The third-order valence-corrected chi connectivity index (χ3v) is 6.68. The Morgan fingerprint density at radius 3 is 2.48 bits per heavy atom. The Balaban J connectivity index is 1.15. The van der Waals surface area contributed by atoms with Crippen LogP contribution in [0.4, 0.5) is 0 Å². The minimum Gasteiger partial charge on any atom is -0.489 e. The molecule has 0 saturated carbocycles. The molecule has 1 aliphatic heterocycles. The van der Waals surface area contributed by atoms with E-state index in [2.05, 4.69) is 16.4 Å². The van der Waals surface area contributed by atoms with Crippen molar-refractivity contribution in [2.45, 2.75) is 39.0 Å². The Kier molecular flexibility index (Phi) is 8.46. The molecule has 0 unspecified atom stereocenters. The second kappa shape index (κ2) is 12.5. The number of aryl methyl sites for hydroxylation is 1. The summed E-state index contributed by atoms with van der Waals surface area (Å²) < 4.78 is 22.8. The number of ether oxygens (including phenoxy) is 3. The molecule has 2 N–H and O–H groups in total. The van der Waals surface area contributed by atoms with Gasteiger partial charge in [-0.1, -0.05) is 36.4 Å². The zero-order chi connectivity index (χ0) is 27.9. The van der Waals surface area contributed by atoms with Gasteiger partial charge >= 0.3 is 11.4 Å². The second-order valence-electron chi connectivity index (χ2n) is 9.70. The summed E-state index contributed by atoms with van der Waals surface area (Å²) in [5.74, 6) is 0.420. The van der Waals surface area contributed by atoms with Gasteiger partial charge in [0.05, 0.1) is 6.54 Å². The summed E-state index contributed by atoms with van der Waals surface area (Å²) in [6, 6.07) is 21.3. The molecule has 3 aromatic carbocycles. The third-order valence-electron chi connectivity index (χ3n) is 6.68. The number of nitrogens with one attached hydrogen (secondary N) is 2. The lowest BCUT2D eigenvalue weighted by molar-refractivity contribution is -0.124. The molecule has 0 bridgehead atoms. The molecule has 1 fully saturated rings. The quantitative estimate of drug-likeness (QED) is 0.313. The van der Waals surface area contributed by atoms with Crippen molar-refractivity contribution >= 4 is 5.91 Å². The van der Waals surface area contributed by atoms with Crippen LogP contribution in [0, 0.1) is 6.92 Å². The van der Waals surface area contributed by atoms with Crippen molar-refractivity contribution < 1.29 is 23.5 Å². The number of nitrogens with zero attached hydrogens (tertiary/aromatic N) is 1. The number of H-pyrrole nitrogens is 1. The van der Waals surface area contributed by atoms with Crippen molar-refractivity contribution in [1.82, 2.24) is 15.0 Å². The van der Waals surface area contributed by atoms with Gasteiger partial charge in [0.25, 0.3) is 5.91 Å². The van der Waals surface area contributed by atoms with E-state index in [0.717, 1.165) is 45.4 Å². The molecular formula is C30H31N3O7. The maximum absolute atomic E-state index is 12.2. The number of aromatic amines is 1. The van der Waals surface area contributed by atoms with Crippen LogP contribution in [-0.2, 0) is 22.7 Å². The van der Waals surface area contributed by atoms with Crippen LogP contribution in [0.15, 0.2) is 80.8 Å². The van der Waals surface area contributed by atoms with Crippen LogP contribution in [0.1, 0.15) is 29.5 Å². The van der Waals surface area contributed by atoms with Gasteiger partial charge < -0.3 is 24.1 Å². The Labute approximate surface area is 230 Å². The van der Waals surface area contributed by atoms with E-state index in [0.29, 0.717) is 31.3 Å². The van der Waals surface area contributed by atoms with Gasteiger partial charge in [0.15, 0.2) is 6.61 Å². The maximum Gasteiger partial charge on any atom is 0.440 e. The molecule has 1 amide bonds. The summed E-state index contributed by atoms with van der Waals surface area (Å²) in [5, 5.41) is 3.00. The van der Waals surface area contributed by atoms with Crippen LogP contribution in [0.3, 0.4) is 0 Å². The number of rotatable bonds is 10. The predicted octanol–water partition coefficient (Wildman–Crippen LogP) is 3.41. The van der Waals surface area contributed by atoms with E-state index in [1.54, 1.807) is 0 Å². The SMILES string of the molecule is Cc1cc(OCC(=O)NC2CCOCC2)ccc1-c1cccc(COc2ccc(Cn3oc(=O)[nH]c3=O)cc2)c1. The van der Waals surface area contributed by atoms with E-state index in [1.165, 1.54) is 0 Å². The topological polar surface area (TPSA) is 125 Å². The van der Waals surface area contributed by atoms with Crippen molar-refractivity contribution in [3.8, 4) is 22.6 Å². The fourth-order valence-electron chi connectivity index (χ4n) is 4.58. The minimum atomic E-state index is -0.780. The van der Waals surface area contributed by atoms with Crippen LogP contribution in [0.5, 0.6) is 11.5 Å². The lowest BCUT2D eigenvalue weighted by Crippen LogP contribution is -2.41. The second-order valence-corrected chi connectivity index (χ2v) is 9.70. The van der Waals surface area contributed by atoms with E-state index in [4.69, 9.17) is 18.7 Å². The highest BCUT2D eigenvalue weighted by Gasteiger charge is 2.16. The Morgan fingerprint density at radius 1 is 0.975 bits per heavy atom. The van der Waals surface area contributed by atoms with E-state index >= 15 is 0 Å². The normalized spacial score (nSPS) is 13.6. The number of benzene rings is 3. The molecule has 1 saturated heterocycles. The largest absolute Gasteiger partial charge is 0.489 e. The van der Waals surface area contributed by atoms with Crippen LogP contribution in [0.2, 0.25) is 0 Å². The van der Waals surface area contributed by atoms with Crippen molar-refractivity contribution in [2.24, 2.45) is 0 Å². The van der Waals surface area contributed by atoms with Crippen molar-refractivity contribution in [3.05, 3.63) is 104 Å². The molecule has 208 valence electrons. The number of amides is 1. The van der Waals surface area contributed by atoms with Gasteiger partial charge in [0.1, 0.15) is 18.1 Å². The number of hydrogen-bond donors (Lipinski definition) is 2. The molecule has 10 heteroatoms. The molecule has 0 spiro atoms. The average Bonchev–Trinajstić information content (AvgIpc) is 3.28. The van der Waals surface area contributed by atoms with Gasteiger partial charge in [0, 0.05) is 19.3 Å². The standard InChI is InChI=1S/C30H31N3O7/c1-20-15-26(39-19-28(34)31-24-11-13-37-14-12-24)9-10-27(20)23-4-2-3-22(16-23)18-38-25-7-5-21(6-8-25)17-33-29(35)32-30(36)40-33/h2-10,15-16,24H,11-14,17-19H2,1H3,(H,31,34)(H,32,35,36). The first-order valence-corrected chi connectivity index (χ1v) is 13.1. The van der Waals surface area contributed by atoms with E-state index in [1.807, 2.05) is 67.6 Å². The molecule has 0 aliphatic carbocycles. The smallest absolute Gasteiger partial charge is 0.440 e. The monoisotopic (exact) mass is 545 g/mol. The maximum atomic E-state index is 12.2. The molecule has 5 rings (SSSR count). The Morgan fingerprint density at radius 2 is 1.75 bits per heavy atom. The van der Waals surface area contributed by atoms with Gasteiger partial charge in [-0.3, -0.25) is 4.79 Å². The van der Waals surface area contributed by atoms with Crippen molar-refractivity contribution in [2.75, 3.05) is 19.8 Å². The molecule has 4 aromatic rings. The Bertz CT molecular complexity index is 1560. The molecular weight excluding hydrogens is 514 g/mol. The number of hydrogen-bond acceptors (Lipinski definition) is 7. The molecule has 0 radical (unpaired) electrons. The molecule has 0 atom stereocenters.